The molecule has 1 unspecified atom stereocenters. The number of aryl methyl sites for hydroxylation is 1. The average Bonchev–Trinajstić information content (AvgIpc) is 3.25. The first kappa shape index (κ1) is 20.4. The number of nitrogens with zero attached hydrogens (tertiary/aromatic N) is 2. The number of hydrogen-bond acceptors (Lipinski definition) is 4. The van der Waals surface area contributed by atoms with E-state index in [4.69, 9.17) is 4.74 Å². The Labute approximate surface area is 181 Å². The Morgan fingerprint density at radius 2 is 1.90 bits per heavy atom. The topological polar surface area (TPSA) is 44.8 Å². The van der Waals surface area contributed by atoms with Crippen molar-refractivity contribution in [1.29, 1.82) is 0 Å². The molecule has 4 rings (SSSR count). The minimum atomic E-state index is 0.00568. The molecule has 1 N–H and O–H groups in total. The number of morpholine rings is 1. The molecule has 2 aliphatic heterocycles. The molecule has 0 radical (unpaired) electrons. The van der Waals surface area contributed by atoms with Gasteiger partial charge in [-0.05, 0) is 61.2 Å². The Morgan fingerprint density at radius 3 is 2.62 bits per heavy atom. The largest absolute Gasteiger partial charge is 0.372 e. The molecule has 5 nitrogen and oxygen atoms in total. The van der Waals surface area contributed by atoms with Crippen LogP contribution in [0.5, 0.6) is 0 Å². The van der Waals surface area contributed by atoms with Crippen molar-refractivity contribution in [2.75, 3.05) is 49.5 Å². The molecular weight excluding hydrogens is 430 g/mol. The van der Waals surface area contributed by atoms with E-state index in [1.165, 1.54) is 18.5 Å². The molecule has 2 saturated heterocycles. The lowest BCUT2D eigenvalue weighted by atomic mass is 10.1. The van der Waals surface area contributed by atoms with Crippen LogP contribution in [0.2, 0.25) is 0 Å². The van der Waals surface area contributed by atoms with Gasteiger partial charge in [-0.15, -0.1) is 0 Å². The predicted octanol–water partition coefficient (Wildman–Crippen LogP) is 4.37. The van der Waals surface area contributed by atoms with Gasteiger partial charge in [-0.25, -0.2) is 0 Å². The lowest BCUT2D eigenvalue weighted by Crippen LogP contribution is -2.42. The summed E-state index contributed by atoms with van der Waals surface area (Å²) in [5.41, 5.74) is 4.41. The quantitative estimate of drug-likeness (QED) is 0.723. The van der Waals surface area contributed by atoms with E-state index in [9.17, 15) is 4.79 Å². The van der Waals surface area contributed by atoms with Crippen LogP contribution in [0, 0.1) is 6.92 Å². The summed E-state index contributed by atoms with van der Waals surface area (Å²) in [5.74, 6) is 0.0264. The van der Waals surface area contributed by atoms with E-state index in [1.54, 1.807) is 0 Å². The second-order valence-corrected chi connectivity index (χ2v) is 8.80. The molecule has 6 heteroatoms. The van der Waals surface area contributed by atoms with Crippen molar-refractivity contribution >= 4 is 33.2 Å². The van der Waals surface area contributed by atoms with E-state index in [2.05, 4.69) is 62.2 Å². The minimum absolute atomic E-state index is 0.00568. The molecule has 2 aromatic carbocycles. The van der Waals surface area contributed by atoms with Crippen molar-refractivity contribution in [3.8, 4) is 0 Å². The van der Waals surface area contributed by atoms with Gasteiger partial charge in [0, 0.05) is 42.0 Å². The van der Waals surface area contributed by atoms with Gasteiger partial charge in [0.1, 0.15) is 0 Å². The fourth-order valence-corrected chi connectivity index (χ4v) is 4.34. The van der Waals surface area contributed by atoms with Gasteiger partial charge in [0.25, 0.3) is 0 Å². The number of hydrogen-bond donors (Lipinski definition) is 1. The molecule has 0 spiro atoms. The third kappa shape index (κ3) is 5.18. The fraction of sp³-hybridized carbons (Fsp3) is 0.435. The average molecular weight is 458 g/mol. The van der Waals surface area contributed by atoms with Crippen LogP contribution in [0.3, 0.4) is 0 Å². The Morgan fingerprint density at radius 1 is 1.14 bits per heavy atom. The number of amides is 1. The third-order valence-corrected chi connectivity index (χ3v) is 6.24. The maximum atomic E-state index is 12.7. The number of halogens is 1. The molecular formula is C23H28BrN3O2. The number of benzene rings is 2. The Kier molecular flexibility index (Phi) is 6.53. The van der Waals surface area contributed by atoms with Crippen molar-refractivity contribution < 1.29 is 9.53 Å². The van der Waals surface area contributed by atoms with Crippen molar-refractivity contribution in [3.63, 3.8) is 0 Å². The van der Waals surface area contributed by atoms with E-state index < -0.39 is 0 Å². The lowest BCUT2D eigenvalue weighted by Gasteiger charge is -2.32. The van der Waals surface area contributed by atoms with Gasteiger partial charge in [0.2, 0.25) is 5.91 Å². The summed E-state index contributed by atoms with van der Waals surface area (Å²) in [6, 6.07) is 14.5. The molecule has 2 aliphatic rings. The summed E-state index contributed by atoms with van der Waals surface area (Å²) in [5, 5.41) is 3.09. The first-order chi connectivity index (χ1) is 14.1. The second kappa shape index (κ2) is 9.28. The number of rotatable bonds is 5. The van der Waals surface area contributed by atoms with Gasteiger partial charge >= 0.3 is 0 Å². The molecule has 2 aromatic rings. The lowest BCUT2D eigenvalue weighted by molar-refractivity contribution is -0.119. The highest BCUT2D eigenvalue weighted by atomic mass is 79.9. The normalized spacial score (nSPS) is 20.1. The molecule has 0 saturated carbocycles. The van der Waals surface area contributed by atoms with Crippen LogP contribution in [0.15, 0.2) is 46.9 Å². The van der Waals surface area contributed by atoms with Crippen molar-refractivity contribution in [2.45, 2.75) is 25.9 Å². The van der Waals surface area contributed by atoms with Crippen molar-refractivity contribution in [1.82, 2.24) is 4.90 Å². The van der Waals surface area contributed by atoms with Gasteiger partial charge < -0.3 is 15.0 Å². The Balaban J connectivity index is 1.33. The maximum absolute atomic E-state index is 12.7. The van der Waals surface area contributed by atoms with Crippen LogP contribution in [-0.2, 0) is 9.53 Å². The molecule has 0 aromatic heterocycles. The van der Waals surface area contributed by atoms with E-state index in [-0.39, 0.29) is 12.0 Å². The summed E-state index contributed by atoms with van der Waals surface area (Å²) in [6.07, 6.45) is 2.53. The summed E-state index contributed by atoms with van der Waals surface area (Å²) in [4.78, 5) is 17.2. The Bertz CT molecular complexity index is 850. The third-order valence-electron chi connectivity index (χ3n) is 5.71. The second-order valence-electron chi connectivity index (χ2n) is 7.89. The molecule has 154 valence electrons. The molecule has 2 fully saturated rings. The number of anilines is 2. The van der Waals surface area contributed by atoms with E-state index in [1.807, 2.05) is 18.2 Å². The highest BCUT2D eigenvalue weighted by Crippen LogP contribution is 2.26. The van der Waals surface area contributed by atoms with Gasteiger partial charge in [-0.1, -0.05) is 28.1 Å². The highest BCUT2D eigenvalue weighted by Gasteiger charge is 2.23. The zero-order valence-electron chi connectivity index (χ0n) is 16.9. The van der Waals surface area contributed by atoms with Crippen LogP contribution in [0.1, 0.15) is 30.1 Å². The van der Waals surface area contributed by atoms with Gasteiger partial charge in [-0.3, -0.25) is 9.69 Å². The minimum Gasteiger partial charge on any atom is -0.372 e. The predicted molar refractivity (Wildman–Crippen MR) is 121 cm³/mol. The zero-order chi connectivity index (χ0) is 20.2. The highest BCUT2D eigenvalue weighted by molar-refractivity contribution is 9.10. The first-order valence-corrected chi connectivity index (χ1v) is 11.1. The standard InChI is InChI=1S/C23H28BrN3O2/c1-17-14-20(27-10-2-3-11-27)8-9-21(17)25-23(28)16-26-12-13-29-22(15-26)18-4-6-19(24)7-5-18/h4-9,14,22H,2-3,10-13,15-16H2,1H3,(H,25,28). The smallest absolute Gasteiger partial charge is 0.238 e. The molecule has 2 heterocycles. The van der Waals surface area contributed by atoms with E-state index in [0.29, 0.717) is 13.2 Å². The fourth-order valence-electron chi connectivity index (χ4n) is 4.08. The number of ether oxygens (including phenoxy) is 1. The van der Waals surface area contributed by atoms with Gasteiger partial charge in [-0.2, -0.15) is 0 Å². The first-order valence-electron chi connectivity index (χ1n) is 10.3. The SMILES string of the molecule is Cc1cc(N2CCCC2)ccc1NC(=O)CN1CCOC(c2ccc(Br)cc2)C1. The monoisotopic (exact) mass is 457 g/mol. The number of nitrogens with one attached hydrogen (secondary N) is 1. The molecule has 1 atom stereocenters. The summed E-state index contributed by atoms with van der Waals surface area (Å²) in [7, 11) is 0. The van der Waals surface area contributed by atoms with Crippen LogP contribution in [0.4, 0.5) is 11.4 Å². The molecule has 29 heavy (non-hydrogen) atoms. The van der Waals surface area contributed by atoms with Crippen molar-refractivity contribution in [3.05, 3.63) is 58.1 Å². The van der Waals surface area contributed by atoms with Crippen LogP contribution >= 0.6 is 15.9 Å². The molecule has 1 amide bonds. The Hall–Kier alpha value is -1.89. The van der Waals surface area contributed by atoms with Gasteiger partial charge in [0.05, 0.1) is 19.3 Å². The zero-order valence-corrected chi connectivity index (χ0v) is 18.5. The summed E-state index contributed by atoms with van der Waals surface area (Å²) < 4.78 is 6.98. The van der Waals surface area contributed by atoms with Crippen LogP contribution < -0.4 is 10.2 Å². The maximum Gasteiger partial charge on any atom is 0.238 e. The van der Waals surface area contributed by atoms with E-state index >= 15 is 0 Å². The van der Waals surface area contributed by atoms with Crippen LogP contribution in [-0.4, -0.2) is 50.1 Å². The summed E-state index contributed by atoms with van der Waals surface area (Å²) in [6.45, 7) is 6.83. The van der Waals surface area contributed by atoms with Gasteiger partial charge in [0.15, 0.2) is 0 Å². The van der Waals surface area contributed by atoms with Crippen LogP contribution in [0.25, 0.3) is 0 Å². The molecule has 0 bridgehead atoms. The van der Waals surface area contributed by atoms with E-state index in [0.717, 1.165) is 47.5 Å². The number of carbonyl (C=O) groups excluding carboxylic acids is 1. The molecule has 0 aliphatic carbocycles. The number of carbonyl (C=O) groups is 1. The van der Waals surface area contributed by atoms with Crippen molar-refractivity contribution in [2.24, 2.45) is 0 Å². The summed E-state index contributed by atoms with van der Waals surface area (Å²) >= 11 is 3.47.